The van der Waals surface area contributed by atoms with Crippen molar-refractivity contribution in [2.45, 2.75) is 51.7 Å². The molecule has 0 unspecified atom stereocenters. The number of anilines is 1. The molecule has 1 aliphatic carbocycles. The first-order valence-corrected chi connectivity index (χ1v) is 7.93. The van der Waals surface area contributed by atoms with E-state index < -0.39 is 0 Å². The Morgan fingerprint density at radius 2 is 2.14 bits per heavy atom. The largest absolute Gasteiger partial charge is 0.383 e. The third-order valence-electron chi connectivity index (χ3n) is 3.50. The van der Waals surface area contributed by atoms with Crippen molar-refractivity contribution < 1.29 is 4.74 Å². The number of hydrogen-bond donors (Lipinski definition) is 1. The van der Waals surface area contributed by atoms with Crippen molar-refractivity contribution in [3.63, 3.8) is 0 Å². The van der Waals surface area contributed by atoms with E-state index in [0.29, 0.717) is 12.6 Å². The Balaban J connectivity index is 2.06. The van der Waals surface area contributed by atoms with Gasteiger partial charge in [0.15, 0.2) is 0 Å². The fourth-order valence-corrected chi connectivity index (χ4v) is 2.48. The minimum absolute atomic E-state index is 0.0870. The monoisotopic (exact) mass is 311 g/mol. The minimum Gasteiger partial charge on any atom is -0.383 e. The Morgan fingerprint density at radius 3 is 2.67 bits per heavy atom. The average molecular weight is 312 g/mol. The van der Waals surface area contributed by atoms with Gasteiger partial charge in [-0.15, -0.1) is 0 Å². The lowest BCUT2D eigenvalue weighted by Gasteiger charge is -2.25. The van der Waals surface area contributed by atoms with Crippen LogP contribution in [0.5, 0.6) is 0 Å². The number of pyridine rings is 1. The number of ether oxygens (including phenoxy) is 1. The first-order valence-electron chi connectivity index (χ1n) is 7.56. The Hall–Kier alpha value is -0.840. The summed E-state index contributed by atoms with van der Waals surface area (Å²) in [7, 11) is 1.72. The van der Waals surface area contributed by atoms with E-state index in [9.17, 15) is 0 Å². The van der Waals surface area contributed by atoms with Crippen LogP contribution in [-0.4, -0.2) is 36.8 Å². The minimum atomic E-state index is 0.0870. The van der Waals surface area contributed by atoms with Gasteiger partial charge in [0, 0.05) is 38.0 Å². The second kappa shape index (κ2) is 6.95. The van der Waals surface area contributed by atoms with Crippen molar-refractivity contribution in [3.8, 4) is 0 Å². The number of nitrogens with one attached hydrogen (secondary N) is 1. The molecule has 118 valence electrons. The number of halogens is 1. The van der Waals surface area contributed by atoms with E-state index in [2.05, 4.69) is 36.0 Å². The quantitative estimate of drug-likeness (QED) is 0.839. The summed E-state index contributed by atoms with van der Waals surface area (Å²) < 4.78 is 5.19. The molecule has 5 heteroatoms. The normalized spacial score (nSPS) is 15.3. The molecule has 0 bridgehead atoms. The van der Waals surface area contributed by atoms with Crippen LogP contribution in [0.4, 0.5) is 5.82 Å². The highest BCUT2D eigenvalue weighted by Gasteiger charge is 2.30. The molecule has 0 atom stereocenters. The second-order valence-electron chi connectivity index (χ2n) is 6.67. The molecule has 2 rings (SSSR count). The Labute approximate surface area is 132 Å². The Morgan fingerprint density at radius 1 is 1.43 bits per heavy atom. The summed E-state index contributed by atoms with van der Waals surface area (Å²) in [5.41, 5.74) is 1.20. The van der Waals surface area contributed by atoms with Crippen LogP contribution < -0.4 is 10.2 Å². The van der Waals surface area contributed by atoms with Crippen LogP contribution in [0.1, 0.15) is 39.2 Å². The first-order chi connectivity index (χ1) is 9.90. The first kappa shape index (κ1) is 16.5. The smallest absolute Gasteiger partial charge is 0.147 e. The molecule has 0 spiro atoms. The van der Waals surface area contributed by atoms with E-state index in [0.717, 1.165) is 29.5 Å². The summed E-state index contributed by atoms with van der Waals surface area (Å²) in [6, 6.07) is 2.59. The van der Waals surface area contributed by atoms with Crippen LogP contribution >= 0.6 is 11.6 Å². The molecule has 1 saturated carbocycles. The predicted octanol–water partition coefficient (Wildman–Crippen LogP) is 3.24. The van der Waals surface area contributed by atoms with Crippen LogP contribution in [0.3, 0.4) is 0 Å². The second-order valence-corrected chi connectivity index (χ2v) is 7.08. The van der Waals surface area contributed by atoms with Gasteiger partial charge in [-0.1, -0.05) is 11.6 Å². The Bertz CT molecular complexity index is 469. The molecule has 1 heterocycles. The molecule has 1 aromatic rings. The number of nitrogens with zero attached hydrogens (tertiary/aromatic N) is 2. The lowest BCUT2D eigenvalue weighted by molar-refractivity contribution is 0.204. The molecule has 1 fully saturated rings. The summed E-state index contributed by atoms with van der Waals surface area (Å²) in [4.78, 5) is 6.86. The van der Waals surface area contributed by atoms with Gasteiger partial charge in [0.05, 0.1) is 11.6 Å². The van der Waals surface area contributed by atoms with Gasteiger partial charge in [-0.05, 0) is 45.2 Å². The SMILES string of the molecule is COCCN(c1ncc(CNC(C)(C)C)cc1Cl)C1CC1. The van der Waals surface area contributed by atoms with Crippen LogP contribution in [0.2, 0.25) is 5.02 Å². The summed E-state index contributed by atoms with van der Waals surface area (Å²) in [6.45, 7) is 8.76. The zero-order chi connectivity index (χ0) is 15.5. The maximum atomic E-state index is 6.45. The highest BCUT2D eigenvalue weighted by Crippen LogP contribution is 2.34. The van der Waals surface area contributed by atoms with E-state index in [1.54, 1.807) is 7.11 Å². The maximum Gasteiger partial charge on any atom is 0.147 e. The molecule has 1 aromatic heterocycles. The summed E-state index contributed by atoms with van der Waals surface area (Å²) >= 11 is 6.45. The topological polar surface area (TPSA) is 37.4 Å². The lowest BCUT2D eigenvalue weighted by atomic mass is 10.1. The highest BCUT2D eigenvalue weighted by atomic mass is 35.5. The molecule has 0 amide bonds. The van der Waals surface area contributed by atoms with Gasteiger partial charge in [0.1, 0.15) is 5.82 Å². The van der Waals surface area contributed by atoms with Crippen LogP contribution in [0.25, 0.3) is 0 Å². The molecular weight excluding hydrogens is 286 g/mol. The zero-order valence-corrected chi connectivity index (χ0v) is 14.2. The summed E-state index contributed by atoms with van der Waals surface area (Å²) in [5, 5.41) is 4.18. The third kappa shape index (κ3) is 5.13. The molecule has 4 nitrogen and oxygen atoms in total. The molecular formula is C16H26ClN3O. The Kier molecular flexibility index (Phi) is 5.47. The van der Waals surface area contributed by atoms with E-state index >= 15 is 0 Å². The number of hydrogen-bond acceptors (Lipinski definition) is 4. The van der Waals surface area contributed by atoms with Gasteiger partial charge in [0.2, 0.25) is 0 Å². The molecule has 0 radical (unpaired) electrons. The maximum absolute atomic E-state index is 6.45. The van der Waals surface area contributed by atoms with E-state index in [1.807, 2.05) is 12.3 Å². The van der Waals surface area contributed by atoms with Crippen LogP contribution in [-0.2, 0) is 11.3 Å². The lowest BCUT2D eigenvalue weighted by Crippen LogP contribution is -2.35. The van der Waals surface area contributed by atoms with Crippen molar-refractivity contribution in [1.29, 1.82) is 0 Å². The number of rotatable bonds is 7. The van der Waals surface area contributed by atoms with Gasteiger partial charge in [-0.25, -0.2) is 4.98 Å². The molecule has 0 aromatic carbocycles. The van der Waals surface area contributed by atoms with Crippen molar-refractivity contribution in [3.05, 3.63) is 22.8 Å². The average Bonchev–Trinajstić information content (AvgIpc) is 3.22. The third-order valence-corrected chi connectivity index (χ3v) is 3.78. The molecule has 0 aliphatic heterocycles. The van der Waals surface area contributed by atoms with Gasteiger partial charge >= 0.3 is 0 Å². The van der Waals surface area contributed by atoms with Crippen LogP contribution in [0.15, 0.2) is 12.3 Å². The molecule has 0 saturated heterocycles. The summed E-state index contributed by atoms with van der Waals surface area (Å²) in [5.74, 6) is 0.885. The molecule has 1 N–H and O–H groups in total. The van der Waals surface area contributed by atoms with E-state index in [-0.39, 0.29) is 5.54 Å². The van der Waals surface area contributed by atoms with Gasteiger partial charge in [-0.2, -0.15) is 0 Å². The van der Waals surface area contributed by atoms with Crippen molar-refractivity contribution in [1.82, 2.24) is 10.3 Å². The van der Waals surface area contributed by atoms with Crippen molar-refractivity contribution >= 4 is 17.4 Å². The fraction of sp³-hybridized carbons (Fsp3) is 0.688. The van der Waals surface area contributed by atoms with Crippen molar-refractivity contribution in [2.75, 3.05) is 25.2 Å². The summed E-state index contributed by atoms with van der Waals surface area (Å²) in [6.07, 6.45) is 4.35. The zero-order valence-electron chi connectivity index (χ0n) is 13.4. The van der Waals surface area contributed by atoms with Gasteiger partial charge in [-0.3, -0.25) is 0 Å². The molecule has 21 heavy (non-hydrogen) atoms. The van der Waals surface area contributed by atoms with E-state index in [1.165, 1.54) is 12.8 Å². The van der Waals surface area contributed by atoms with Crippen molar-refractivity contribution in [2.24, 2.45) is 0 Å². The number of aromatic nitrogens is 1. The highest BCUT2D eigenvalue weighted by molar-refractivity contribution is 6.33. The fourth-order valence-electron chi connectivity index (χ4n) is 2.18. The number of methoxy groups -OCH3 is 1. The van der Waals surface area contributed by atoms with E-state index in [4.69, 9.17) is 16.3 Å². The predicted molar refractivity (Wildman–Crippen MR) is 88.1 cm³/mol. The standard InChI is InChI=1S/C16H26ClN3O/c1-16(2,3)19-11-12-9-14(17)15(18-10-12)20(7-8-21-4)13-5-6-13/h9-10,13,19H,5-8,11H2,1-4H3. The van der Waals surface area contributed by atoms with Gasteiger partial charge < -0.3 is 15.0 Å². The van der Waals surface area contributed by atoms with Crippen LogP contribution in [0, 0.1) is 0 Å². The molecule has 1 aliphatic rings. The van der Waals surface area contributed by atoms with Gasteiger partial charge in [0.25, 0.3) is 0 Å².